The molecule has 2 aromatic heterocycles. The predicted molar refractivity (Wildman–Crippen MR) is 169 cm³/mol. The molecule has 4 heteroatoms. The van der Waals surface area contributed by atoms with E-state index in [4.69, 9.17) is 6.85 Å². The number of pyridine rings is 1. The largest absolute Gasteiger partial charge is 0.325 e. The molecule has 2 aliphatic rings. The summed E-state index contributed by atoms with van der Waals surface area (Å²) in [7, 11) is 0. The van der Waals surface area contributed by atoms with Crippen LogP contribution in [0.2, 0.25) is 0 Å². The van der Waals surface area contributed by atoms with Gasteiger partial charge in [-0.05, 0) is 55.2 Å². The molecule has 2 aromatic carbocycles. The van der Waals surface area contributed by atoms with Crippen molar-refractivity contribution in [3.05, 3.63) is 106 Å². The third-order valence-corrected chi connectivity index (χ3v) is 8.44. The van der Waals surface area contributed by atoms with Crippen LogP contribution in [0, 0.1) is 19.4 Å². The first-order valence-corrected chi connectivity index (χ1v) is 14.5. The zero-order valence-corrected chi connectivity index (χ0v) is 26.4. The van der Waals surface area contributed by atoms with Gasteiger partial charge in [-0.1, -0.05) is 96.4 Å². The fourth-order valence-corrected chi connectivity index (χ4v) is 6.33. The third-order valence-electron chi connectivity index (χ3n) is 7.22. The topological polar surface area (TPSA) is 25.2 Å². The van der Waals surface area contributed by atoms with Crippen LogP contribution in [0.3, 0.4) is 0 Å². The van der Waals surface area contributed by atoms with Gasteiger partial charge in [0.25, 0.3) is 0 Å². The second-order valence-electron chi connectivity index (χ2n) is 10.1. The summed E-state index contributed by atoms with van der Waals surface area (Å²) in [6, 6.07) is 21.6. The third kappa shape index (κ3) is 6.92. The summed E-state index contributed by atoms with van der Waals surface area (Å²) in [4.78, 5) is 8.92. The van der Waals surface area contributed by atoms with Gasteiger partial charge in [0.15, 0.2) is 0 Å². The van der Waals surface area contributed by atoms with E-state index in [9.17, 15) is 0 Å². The van der Waals surface area contributed by atoms with E-state index in [0.29, 0.717) is 11.6 Å². The number of nitrogens with zero attached hydrogens (tertiary/aromatic N) is 2. The minimum absolute atomic E-state index is 0. The van der Waals surface area contributed by atoms with Gasteiger partial charge in [-0.3, -0.25) is 0 Å². The molecule has 0 saturated heterocycles. The van der Waals surface area contributed by atoms with Crippen LogP contribution in [0.4, 0.5) is 0 Å². The number of aliphatic imine (C=N–C) groups is 1. The second-order valence-corrected chi connectivity index (χ2v) is 11.1. The number of fused-ring (bicyclic) bond motifs is 3. The van der Waals surface area contributed by atoms with Gasteiger partial charge in [0.2, 0.25) is 0 Å². The number of thiophene rings is 1. The number of benzene rings is 2. The maximum Gasteiger partial charge on any atom is 0.0306 e. The van der Waals surface area contributed by atoms with Crippen LogP contribution in [-0.2, 0) is 20.1 Å². The van der Waals surface area contributed by atoms with Crippen LogP contribution in [0.15, 0.2) is 77.6 Å². The molecular formula is C36H38IrN2S-2. The Morgan fingerprint density at radius 3 is 2.80 bits per heavy atom. The summed E-state index contributed by atoms with van der Waals surface area (Å²) in [5.41, 5.74) is 6.11. The Morgan fingerprint density at radius 1 is 1.18 bits per heavy atom. The van der Waals surface area contributed by atoms with E-state index in [2.05, 4.69) is 67.2 Å². The van der Waals surface area contributed by atoms with E-state index in [1.54, 1.807) is 11.3 Å². The average molecular weight is 728 g/mol. The van der Waals surface area contributed by atoms with Crippen LogP contribution in [-0.4, -0.2) is 10.7 Å². The maximum absolute atomic E-state index is 8.40. The van der Waals surface area contributed by atoms with Crippen LogP contribution in [0.25, 0.3) is 33.0 Å². The number of hydrogen-bond donors (Lipinski definition) is 0. The van der Waals surface area contributed by atoms with E-state index in [-0.39, 0.29) is 25.7 Å². The monoisotopic (exact) mass is 728 g/mol. The molecule has 1 aliphatic heterocycles. The van der Waals surface area contributed by atoms with Gasteiger partial charge in [-0.25, -0.2) is 11.3 Å². The first-order chi connectivity index (χ1) is 21.1. The number of aromatic nitrogens is 1. The Hall–Kier alpha value is -2.78. The number of rotatable bonds is 6. The van der Waals surface area contributed by atoms with Crippen molar-refractivity contribution < 1.29 is 27.0 Å². The van der Waals surface area contributed by atoms with Gasteiger partial charge in [0.05, 0.1) is 0 Å². The Kier molecular flexibility index (Phi) is 8.49. The zero-order chi connectivity index (χ0) is 31.4. The van der Waals surface area contributed by atoms with Gasteiger partial charge in [-0.15, -0.1) is 35.9 Å². The van der Waals surface area contributed by atoms with E-state index in [1.807, 2.05) is 42.9 Å². The normalized spacial score (nSPS) is 20.7. The van der Waals surface area contributed by atoms with Gasteiger partial charge in [0.1, 0.15) is 0 Å². The minimum atomic E-state index is -2.38. The van der Waals surface area contributed by atoms with Crippen molar-refractivity contribution >= 4 is 38.8 Å². The number of unbranched alkanes of at least 4 members (excludes halogenated alkanes) is 1. The number of hydrogen-bond acceptors (Lipinski definition) is 3. The molecule has 0 fully saturated rings. The molecule has 3 unspecified atom stereocenters. The summed E-state index contributed by atoms with van der Waals surface area (Å²) in [6.07, 6.45) is 9.93. The Labute approximate surface area is 264 Å². The fourth-order valence-electron chi connectivity index (χ4n) is 5.08. The predicted octanol–water partition coefficient (Wildman–Crippen LogP) is 8.73. The van der Waals surface area contributed by atoms with Crippen molar-refractivity contribution in [2.75, 3.05) is 0 Å². The van der Waals surface area contributed by atoms with E-state index < -0.39 is 19.6 Å². The molecule has 0 spiro atoms. The second kappa shape index (κ2) is 14.2. The molecule has 4 aromatic rings. The van der Waals surface area contributed by atoms with Crippen molar-refractivity contribution in [3.63, 3.8) is 0 Å². The van der Waals surface area contributed by atoms with Crippen LogP contribution in [0.5, 0.6) is 0 Å². The molecule has 0 saturated carbocycles. The maximum atomic E-state index is 8.40. The molecule has 2 nitrogen and oxygen atoms in total. The van der Waals surface area contributed by atoms with E-state index in [1.165, 1.54) is 46.7 Å². The molecule has 40 heavy (non-hydrogen) atoms. The Morgan fingerprint density at radius 2 is 2.02 bits per heavy atom. The van der Waals surface area contributed by atoms with Crippen molar-refractivity contribution in [1.29, 1.82) is 0 Å². The fraction of sp³-hybridized carbons (Fsp3) is 0.306. The summed E-state index contributed by atoms with van der Waals surface area (Å²) in [5, 5.41) is 2.34. The van der Waals surface area contributed by atoms with Gasteiger partial charge in [-0.2, -0.15) is 12.0 Å². The first kappa shape index (κ1) is 23.9. The Bertz CT molecular complexity index is 1810. The minimum Gasteiger partial charge on any atom is -0.325 e. The quantitative estimate of drug-likeness (QED) is 0.183. The molecule has 1 aliphatic carbocycles. The molecule has 3 heterocycles. The first-order valence-electron chi connectivity index (χ1n) is 16.4. The van der Waals surface area contributed by atoms with Crippen molar-refractivity contribution in [2.45, 2.75) is 72.0 Å². The SMILES string of the molecule is CCCCC(C)c1cnc(-c2[c-]cccc2)cc1C.[2H]C1C(C([2H])([2H])[2H])=CN=C(C2=c3sc4ccccc4c3=CC[CH-]2)C1[2H].[Ir]. The van der Waals surface area contributed by atoms with E-state index in [0.717, 1.165) is 33.0 Å². The summed E-state index contributed by atoms with van der Waals surface area (Å²) >= 11 is 1.65. The van der Waals surface area contributed by atoms with Crippen LogP contribution < -0.4 is 9.75 Å². The Balaban J connectivity index is 0.000000208. The van der Waals surface area contributed by atoms with Crippen LogP contribution in [0.1, 0.15) is 83.1 Å². The molecule has 6 rings (SSSR count). The van der Waals surface area contributed by atoms with E-state index >= 15 is 0 Å². The summed E-state index contributed by atoms with van der Waals surface area (Å²) in [5.74, 6) is 0.598. The van der Waals surface area contributed by atoms with Crippen molar-refractivity contribution in [1.82, 2.24) is 4.98 Å². The molecule has 3 atom stereocenters. The summed E-state index contributed by atoms with van der Waals surface area (Å²) in [6.45, 7) is 4.35. The summed E-state index contributed by atoms with van der Waals surface area (Å²) < 4.78 is 41.4. The zero-order valence-electron chi connectivity index (χ0n) is 28.2. The number of allylic oxidation sites excluding steroid dienone is 1. The average Bonchev–Trinajstić information content (AvgIpc) is 3.40. The smallest absolute Gasteiger partial charge is 0.0306 e. The van der Waals surface area contributed by atoms with Crippen molar-refractivity contribution in [2.24, 2.45) is 4.99 Å². The molecule has 0 bridgehead atoms. The molecule has 1 radical (unpaired) electrons. The number of aryl methyl sites for hydroxylation is 1. The van der Waals surface area contributed by atoms with Gasteiger partial charge >= 0.3 is 0 Å². The van der Waals surface area contributed by atoms with Gasteiger partial charge < -0.3 is 9.98 Å². The molecule has 209 valence electrons. The molecular weight excluding hydrogens is 685 g/mol. The van der Waals surface area contributed by atoms with Crippen LogP contribution >= 0.6 is 11.3 Å². The standard InChI is InChI=1S/C18H16NS.C18H22N.Ir/c1-12-9-10-16(19-11-12)15-7-4-6-14-13-5-2-3-8-17(13)20-18(14)15;1-4-5-9-14(2)17-13-19-18(12-15(17)3)16-10-7-6-8-11-16;/h2-3,5-8,11H,4,9-10H2,1H3;6-8,10,12-14H,4-5,9H2,1-3H3;/q2*-1;/i1D3,9D,10D;;. The van der Waals surface area contributed by atoms with Gasteiger partial charge in [0, 0.05) is 44.1 Å². The molecule has 0 N–H and O–H groups in total. The molecule has 0 amide bonds. The van der Waals surface area contributed by atoms with Crippen molar-refractivity contribution in [3.8, 4) is 11.3 Å².